The van der Waals surface area contributed by atoms with Gasteiger partial charge in [0.25, 0.3) is 0 Å². The second-order valence-corrected chi connectivity index (χ2v) is 2.55. The van der Waals surface area contributed by atoms with Crippen LogP contribution in [0.4, 0.5) is 0 Å². The smallest absolute Gasteiger partial charge is 0.323 e. The molecule has 0 aliphatic rings. The molecule has 0 spiro atoms. The fourth-order valence-electron chi connectivity index (χ4n) is 0.553. The molecule has 1 unspecified atom stereocenters. The van der Waals surface area contributed by atoms with E-state index in [9.17, 15) is 4.79 Å². The van der Waals surface area contributed by atoms with Crippen molar-refractivity contribution in [1.29, 1.82) is 0 Å². The van der Waals surface area contributed by atoms with Crippen molar-refractivity contribution in [1.82, 2.24) is 0 Å². The standard InChI is InChI=1S/C6H13NO3/c1-6(7,5(9)10)3-2-4-8/h8H,2-4,7H2,1H3,(H,9,10). The molecule has 0 saturated carbocycles. The van der Waals surface area contributed by atoms with Crippen LogP contribution in [0.2, 0.25) is 0 Å². The molecule has 4 nitrogen and oxygen atoms in total. The van der Waals surface area contributed by atoms with Crippen LogP contribution in [0.5, 0.6) is 0 Å². The molecule has 60 valence electrons. The van der Waals surface area contributed by atoms with Crippen molar-refractivity contribution in [3.05, 3.63) is 0 Å². The number of carboxylic acids is 1. The molecule has 0 aliphatic carbocycles. The maximum absolute atomic E-state index is 10.3. The first kappa shape index (κ1) is 9.39. The second kappa shape index (κ2) is 3.53. The Balaban J connectivity index is 3.75. The summed E-state index contributed by atoms with van der Waals surface area (Å²) in [5, 5.41) is 16.8. The summed E-state index contributed by atoms with van der Waals surface area (Å²) in [5.41, 5.74) is 4.14. The predicted molar refractivity (Wildman–Crippen MR) is 36.5 cm³/mol. The number of rotatable bonds is 4. The van der Waals surface area contributed by atoms with Crippen LogP contribution in [0.25, 0.3) is 0 Å². The first-order valence-corrected chi connectivity index (χ1v) is 3.14. The van der Waals surface area contributed by atoms with Gasteiger partial charge in [-0.3, -0.25) is 4.79 Å². The van der Waals surface area contributed by atoms with Gasteiger partial charge in [-0.05, 0) is 19.8 Å². The molecule has 0 rings (SSSR count). The normalized spacial score (nSPS) is 16.3. The molecular formula is C6H13NO3. The third-order valence-electron chi connectivity index (χ3n) is 1.34. The summed E-state index contributed by atoms with van der Waals surface area (Å²) in [6.45, 7) is 1.42. The van der Waals surface area contributed by atoms with Gasteiger partial charge in [0.15, 0.2) is 0 Å². The highest BCUT2D eigenvalue weighted by atomic mass is 16.4. The summed E-state index contributed by atoms with van der Waals surface area (Å²) in [6, 6.07) is 0. The third-order valence-corrected chi connectivity index (χ3v) is 1.34. The van der Waals surface area contributed by atoms with E-state index in [0.717, 1.165) is 0 Å². The second-order valence-electron chi connectivity index (χ2n) is 2.55. The van der Waals surface area contributed by atoms with Gasteiger partial charge in [-0.25, -0.2) is 0 Å². The minimum Gasteiger partial charge on any atom is -0.480 e. The summed E-state index contributed by atoms with van der Waals surface area (Å²) in [4.78, 5) is 10.3. The SMILES string of the molecule is CC(N)(CCCO)C(=O)O. The molecule has 0 heterocycles. The van der Waals surface area contributed by atoms with E-state index in [-0.39, 0.29) is 6.61 Å². The van der Waals surface area contributed by atoms with Crippen LogP contribution >= 0.6 is 0 Å². The molecule has 0 bridgehead atoms. The fraction of sp³-hybridized carbons (Fsp3) is 0.833. The lowest BCUT2D eigenvalue weighted by Crippen LogP contribution is -2.44. The lowest BCUT2D eigenvalue weighted by molar-refractivity contribution is -0.143. The minimum absolute atomic E-state index is 0.0138. The summed E-state index contributed by atoms with van der Waals surface area (Å²) in [6.07, 6.45) is 0.734. The molecule has 0 aromatic heterocycles. The molecule has 1 atom stereocenters. The number of hydrogen-bond donors (Lipinski definition) is 3. The van der Waals surface area contributed by atoms with E-state index in [4.69, 9.17) is 15.9 Å². The number of carboxylic acid groups (broad SMARTS) is 1. The largest absolute Gasteiger partial charge is 0.480 e. The average molecular weight is 147 g/mol. The van der Waals surface area contributed by atoms with Crippen LogP contribution in [0, 0.1) is 0 Å². The number of aliphatic carboxylic acids is 1. The van der Waals surface area contributed by atoms with Gasteiger partial charge in [0.05, 0.1) is 0 Å². The Morgan fingerprint density at radius 2 is 2.20 bits per heavy atom. The Labute approximate surface area is 59.7 Å². The maximum Gasteiger partial charge on any atom is 0.323 e. The molecule has 0 radical (unpaired) electrons. The van der Waals surface area contributed by atoms with Crippen molar-refractivity contribution < 1.29 is 15.0 Å². The molecule has 10 heavy (non-hydrogen) atoms. The Morgan fingerprint density at radius 3 is 2.50 bits per heavy atom. The Kier molecular flexibility index (Phi) is 3.32. The monoisotopic (exact) mass is 147 g/mol. The Bertz CT molecular complexity index is 122. The predicted octanol–water partition coefficient (Wildman–Crippen LogP) is -0.439. The topological polar surface area (TPSA) is 83.5 Å². The summed E-state index contributed by atoms with van der Waals surface area (Å²) in [7, 11) is 0. The lowest BCUT2D eigenvalue weighted by atomic mass is 9.98. The highest BCUT2D eigenvalue weighted by molar-refractivity contribution is 5.77. The van der Waals surface area contributed by atoms with Gasteiger partial charge >= 0.3 is 5.97 Å². The molecule has 0 aromatic rings. The van der Waals surface area contributed by atoms with E-state index in [2.05, 4.69) is 0 Å². The van der Waals surface area contributed by atoms with Crippen LogP contribution in [0.3, 0.4) is 0 Å². The van der Waals surface area contributed by atoms with Crippen molar-refractivity contribution in [3.63, 3.8) is 0 Å². The highest BCUT2D eigenvalue weighted by Crippen LogP contribution is 2.07. The molecular weight excluding hydrogens is 134 g/mol. The van der Waals surface area contributed by atoms with E-state index in [0.29, 0.717) is 12.8 Å². The van der Waals surface area contributed by atoms with Gasteiger partial charge in [-0.15, -0.1) is 0 Å². The minimum atomic E-state index is -1.19. The quantitative estimate of drug-likeness (QED) is 0.503. The molecule has 0 amide bonds. The average Bonchev–Trinajstić information content (AvgIpc) is 1.84. The van der Waals surface area contributed by atoms with Crippen LogP contribution in [-0.4, -0.2) is 28.3 Å². The van der Waals surface area contributed by atoms with Gasteiger partial charge in [0.1, 0.15) is 5.54 Å². The van der Waals surface area contributed by atoms with Crippen molar-refractivity contribution >= 4 is 5.97 Å². The highest BCUT2D eigenvalue weighted by Gasteiger charge is 2.26. The zero-order chi connectivity index (χ0) is 8.20. The van der Waals surface area contributed by atoms with Crippen LogP contribution in [-0.2, 0) is 4.79 Å². The van der Waals surface area contributed by atoms with Crippen molar-refractivity contribution in [3.8, 4) is 0 Å². The molecule has 4 heteroatoms. The number of hydrogen-bond acceptors (Lipinski definition) is 3. The lowest BCUT2D eigenvalue weighted by Gasteiger charge is -2.17. The number of nitrogens with two attached hydrogens (primary N) is 1. The number of aliphatic hydroxyl groups is 1. The molecule has 0 aromatic carbocycles. The van der Waals surface area contributed by atoms with Gasteiger partial charge in [0.2, 0.25) is 0 Å². The first-order valence-electron chi connectivity index (χ1n) is 3.14. The maximum atomic E-state index is 10.3. The zero-order valence-electron chi connectivity index (χ0n) is 6.00. The summed E-state index contributed by atoms with van der Waals surface area (Å²) < 4.78 is 0. The fourth-order valence-corrected chi connectivity index (χ4v) is 0.553. The molecule has 4 N–H and O–H groups in total. The summed E-state index contributed by atoms with van der Waals surface area (Å²) >= 11 is 0. The molecule has 0 saturated heterocycles. The first-order chi connectivity index (χ1) is 4.50. The molecule has 0 aliphatic heterocycles. The van der Waals surface area contributed by atoms with E-state index in [1.807, 2.05) is 0 Å². The van der Waals surface area contributed by atoms with Crippen molar-refractivity contribution in [2.24, 2.45) is 5.73 Å². The summed E-state index contributed by atoms with van der Waals surface area (Å²) in [5.74, 6) is -1.03. The van der Waals surface area contributed by atoms with E-state index in [1.54, 1.807) is 0 Å². The van der Waals surface area contributed by atoms with Crippen LogP contribution in [0.15, 0.2) is 0 Å². The third kappa shape index (κ3) is 2.80. The van der Waals surface area contributed by atoms with Gasteiger partial charge in [-0.1, -0.05) is 0 Å². The Hall–Kier alpha value is -0.610. The van der Waals surface area contributed by atoms with Crippen molar-refractivity contribution in [2.45, 2.75) is 25.3 Å². The van der Waals surface area contributed by atoms with Crippen LogP contribution < -0.4 is 5.73 Å². The Morgan fingerprint density at radius 1 is 1.70 bits per heavy atom. The van der Waals surface area contributed by atoms with E-state index < -0.39 is 11.5 Å². The van der Waals surface area contributed by atoms with Gasteiger partial charge in [-0.2, -0.15) is 0 Å². The van der Waals surface area contributed by atoms with Gasteiger partial charge < -0.3 is 15.9 Å². The number of aliphatic hydroxyl groups excluding tert-OH is 1. The number of carbonyl (C=O) groups is 1. The molecule has 0 fully saturated rings. The van der Waals surface area contributed by atoms with Crippen LogP contribution in [0.1, 0.15) is 19.8 Å². The van der Waals surface area contributed by atoms with Crippen molar-refractivity contribution in [2.75, 3.05) is 6.61 Å². The van der Waals surface area contributed by atoms with E-state index >= 15 is 0 Å². The zero-order valence-corrected chi connectivity index (χ0v) is 6.00. The van der Waals surface area contributed by atoms with E-state index in [1.165, 1.54) is 6.92 Å². The van der Waals surface area contributed by atoms with Gasteiger partial charge in [0, 0.05) is 6.61 Å².